The minimum atomic E-state index is -0.285. The van der Waals surface area contributed by atoms with Crippen molar-refractivity contribution in [3.05, 3.63) is 0 Å². The van der Waals surface area contributed by atoms with E-state index < -0.39 is 0 Å². The fraction of sp³-hybridized carbons (Fsp3) is 0.885. The zero-order valence-electron chi connectivity index (χ0n) is 19.8. The first-order chi connectivity index (χ1) is 14.7. The van der Waals surface area contributed by atoms with Crippen molar-refractivity contribution in [1.29, 1.82) is 0 Å². The van der Waals surface area contributed by atoms with Gasteiger partial charge in [-0.25, -0.2) is 0 Å². The minimum absolute atomic E-state index is 0.0898. The van der Waals surface area contributed by atoms with Gasteiger partial charge in [0.25, 0.3) is 0 Å². The van der Waals surface area contributed by atoms with Crippen molar-refractivity contribution in [2.75, 3.05) is 7.11 Å². The largest absolute Gasteiger partial charge is 0.469 e. The van der Waals surface area contributed by atoms with Crippen LogP contribution in [0.3, 0.4) is 0 Å². The molecule has 8 unspecified atom stereocenters. The number of ether oxygens (including phenoxy) is 2. The lowest BCUT2D eigenvalue weighted by atomic mass is 9.44. The van der Waals surface area contributed by atoms with Crippen LogP contribution in [0.2, 0.25) is 0 Å². The highest BCUT2D eigenvalue weighted by Gasteiger charge is 2.61. The van der Waals surface area contributed by atoms with Crippen LogP contribution in [0.4, 0.5) is 0 Å². The van der Waals surface area contributed by atoms with Gasteiger partial charge in [-0.15, -0.1) is 0 Å². The fourth-order valence-electron chi connectivity index (χ4n) is 8.59. The molecule has 4 saturated carbocycles. The van der Waals surface area contributed by atoms with Crippen molar-refractivity contribution in [1.82, 2.24) is 0 Å². The number of rotatable bonds is 5. The highest BCUT2D eigenvalue weighted by Crippen LogP contribution is 2.67. The molecule has 4 fully saturated rings. The molecule has 5 nitrogen and oxygen atoms in total. The van der Waals surface area contributed by atoms with E-state index in [-0.39, 0.29) is 41.6 Å². The van der Waals surface area contributed by atoms with Crippen molar-refractivity contribution < 1.29 is 23.9 Å². The summed E-state index contributed by atoms with van der Waals surface area (Å²) in [5.41, 5.74) is 0.431. The molecule has 0 aromatic carbocycles. The van der Waals surface area contributed by atoms with Gasteiger partial charge in [0.05, 0.1) is 13.5 Å². The maximum Gasteiger partial charge on any atom is 0.305 e. The molecular weight excluding hydrogens is 392 g/mol. The van der Waals surface area contributed by atoms with Crippen LogP contribution < -0.4 is 0 Å². The van der Waals surface area contributed by atoms with Crippen molar-refractivity contribution >= 4 is 17.7 Å². The van der Waals surface area contributed by atoms with Crippen LogP contribution in [-0.2, 0) is 23.9 Å². The van der Waals surface area contributed by atoms with Crippen LogP contribution in [0.25, 0.3) is 0 Å². The first-order valence-electron chi connectivity index (χ1n) is 12.5. The zero-order valence-corrected chi connectivity index (χ0v) is 19.8. The number of hydrogen-bond donors (Lipinski definition) is 0. The van der Waals surface area contributed by atoms with Gasteiger partial charge in [-0.05, 0) is 92.3 Å². The molecule has 8 atom stereocenters. The summed E-state index contributed by atoms with van der Waals surface area (Å²) in [6, 6.07) is 0. The average molecular weight is 433 g/mol. The summed E-state index contributed by atoms with van der Waals surface area (Å²) in [5.74, 6) is 2.66. The standard InChI is InChI=1S/C26H40O5/c1-16(27)31-18-11-13-25(2)17(15-18)5-6-19-20-7-8-22(23(28)9-10-24(29)30-4)26(20,3)14-12-21(19)25/h17-22H,5-15H2,1-4H3. The summed E-state index contributed by atoms with van der Waals surface area (Å²) in [6.45, 7) is 6.40. The average Bonchev–Trinajstić information content (AvgIpc) is 3.09. The zero-order chi connectivity index (χ0) is 22.4. The van der Waals surface area contributed by atoms with E-state index in [2.05, 4.69) is 13.8 Å². The molecule has 5 heteroatoms. The Bertz CT molecular complexity index is 731. The van der Waals surface area contributed by atoms with Gasteiger partial charge in [0.15, 0.2) is 0 Å². The van der Waals surface area contributed by atoms with Gasteiger partial charge < -0.3 is 9.47 Å². The lowest BCUT2D eigenvalue weighted by Crippen LogP contribution is -2.54. The maximum absolute atomic E-state index is 13.1. The molecule has 0 heterocycles. The van der Waals surface area contributed by atoms with E-state index in [1.54, 1.807) is 0 Å². The lowest BCUT2D eigenvalue weighted by molar-refractivity contribution is -0.161. The van der Waals surface area contributed by atoms with Crippen LogP contribution in [-0.4, -0.2) is 30.9 Å². The first-order valence-corrected chi connectivity index (χ1v) is 12.5. The molecule has 0 amide bonds. The summed E-state index contributed by atoms with van der Waals surface area (Å²) < 4.78 is 10.3. The van der Waals surface area contributed by atoms with Gasteiger partial charge in [0, 0.05) is 19.3 Å². The number of carbonyl (C=O) groups excluding carboxylic acids is 3. The van der Waals surface area contributed by atoms with Crippen LogP contribution in [0, 0.1) is 40.4 Å². The number of hydrogen-bond acceptors (Lipinski definition) is 5. The molecule has 4 rings (SSSR count). The molecule has 0 spiro atoms. The Labute approximate surface area is 187 Å². The molecule has 4 aliphatic rings. The second-order valence-electron chi connectivity index (χ2n) is 11.4. The summed E-state index contributed by atoms with van der Waals surface area (Å²) in [4.78, 5) is 36.0. The van der Waals surface area contributed by atoms with Crippen LogP contribution in [0.1, 0.15) is 91.4 Å². The Morgan fingerprint density at radius 3 is 2.29 bits per heavy atom. The molecular formula is C26H40O5. The SMILES string of the molecule is COC(=O)CCC(=O)C1CCC2C3CCC4CC(OC(C)=O)CCC4(C)C3CCC12C. The Morgan fingerprint density at radius 1 is 0.871 bits per heavy atom. The van der Waals surface area contributed by atoms with E-state index in [1.165, 1.54) is 33.3 Å². The van der Waals surface area contributed by atoms with Crippen molar-refractivity contribution in [2.45, 2.75) is 97.5 Å². The lowest BCUT2D eigenvalue weighted by Gasteiger charge is -2.61. The van der Waals surface area contributed by atoms with E-state index in [0.717, 1.165) is 44.4 Å². The van der Waals surface area contributed by atoms with E-state index in [0.29, 0.717) is 29.6 Å². The topological polar surface area (TPSA) is 69.7 Å². The third-order valence-corrected chi connectivity index (χ3v) is 10.1. The number of Topliss-reactive ketones (excluding diaryl/α,β-unsaturated/α-hetero) is 1. The highest BCUT2D eigenvalue weighted by atomic mass is 16.5. The van der Waals surface area contributed by atoms with Crippen molar-refractivity contribution in [2.24, 2.45) is 40.4 Å². The fourth-order valence-corrected chi connectivity index (χ4v) is 8.59. The third kappa shape index (κ3) is 3.95. The minimum Gasteiger partial charge on any atom is -0.469 e. The second-order valence-corrected chi connectivity index (χ2v) is 11.4. The van der Waals surface area contributed by atoms with Gasteiger partial charge in [0.2, 0.25) is 0 Å². The van der Waals surface area contributed by atoms with E-state index in [1.807, 2.05) is 0 Å². The first kappa shape index (κ1) is 22.8. The Hall–Kier alpha value is -1.39. The maximum atomic E-state index is 13.1. The predicted octanol–water partition coefficient (Wildman–Crippen LogP) is 5.10. The third-order valence-electron chi connectivity index (χ3n) is 10.1. The van der Waals surface area contributed by atoms with Crippen LogP contribution in [0.15, 0.2) is 0 Å². The normalized spacial score (nSPS) is 43.9. The Balaban J connectivity index is 1.45. The van der Waals surface area contributed by atoms with Gasteiger partial charge in [-0.1, -0.05) is 13.8 Å². The van der Waals surface area contributed by atoms with E-state index in [4.69, 9.17) is 9.47 Å². The van der Waals surface area contributed by atoms with Crippen molar-refractivity contribution in [3.63, 3.8) is 0 Å². The number of carbonyl (C=O) groups is 3. The number of ketones is 1. The molecule has 0 aromatic rings. The number of esters is 2. The van der Waals surface area contributed by atoms with E-state index >= 15 is 0 Å². The van der Waals surface area contributed by atoms with Gasteiger partial charge in [0.1, 0.15) is 11.9 Å². The summed E-state index contributed by atoms with van der Waals surface area (Å²) >= 11 is 0. The van der Waals surface area contributed by atoms with Gasteiger partial charge in [-0.3, -0.25) is 14.4 Å². The monoisotopic (exact) mass is 432 g/mol. The van der Waals surface area contributed by atoms with Gasteiger partial charge in [-0.2, -0.15) is 0 Å². The van der Waals surface area contributed by atoms with Gasteiger partial charge >= 0.3 is 11.9 Å². The molecule has 0 N–H and O–H groups in total. The molecule has 174 valence electrons. The summed E-state index contributed by atoms with van der Waals surface area (Å²) in [6.07, 6.45) is 10.8. The molecule has 0 radical (unpaired) electrons. The molecule has 0 aromatic heterocycles. The van der Waals surface area contributed by atoms with Crippen LogP contribution >= 0.6 is 0 Å². The molecule has 0 saturated heterocycles. The quantitative estimate of drug-likeness (QED) is 0.565. The molecule has 0 aliphatic heterocycles. The smallest absolute Gasteiger partial charge is 0.305 e. The summed E-state index contributed by atoms with van der Waals surface area (Å²) in [7, 11) is 1.39. The van der Waals surface area contributed by atoms with E-state index in [9.17, 15) is 14.4 Å². The number of fused-ring (bicyclic) bond motifs is 5. The van der Waals surface area contributed by atoms with Crippen molar-refractivity contribution in [3.8, 4) is 0 Å². The number of methoxy groups -OCH3 is 1. The second kappa shape index (κ2) is 8.51. The summed E-state index contributed by atoms with van der Waals surface area (Å²) in [5, 5.41) is 0. The predicted molar refractivity (Wildman–Crippen MR) is 117 cm³/mol. The Morgan fingerprint density at radius 2 is 1.58 bits per heavy atom. The highest BCUT2D eigenvalue weighted by molar-refractivity contribution is 5.85. The molecule has 31 heavy (non-hydrogen) atoms. The van der Waals surface area contributed by atoms with Crippen LogP contribution in [0.5, 0.6) is 0 Å². The molecule has 4 aliphatic carbocycles. The Kier molecular flexibility index (Phi) is 6.26. The molecule has 0 bridgehead atoms.